The lowest BCUT2D eigenvalue weighted by atomic mass is 10.0. The van der Waals surface area contributed by atoms with E-state index in [1.54, 1.807) is 13.8 Å². The standard InChI is InChI=1S/C13H17N3O4/c1-7(2)10(12(18)19)16-11(17)8-3-5-9(6-4-8)15-13(14)20/h3-7,10H,1-2H3,(H,16,17)(H,18,19)(H3,14,15,20)/t10-/m1/s1. The quantitative estimate of drug-likeness (QED) is 0.642. The minimum absolute atomic E-state index is 0.229. The molecule has 0 saturated carbocycles. The van der Waals surface area contributed by atoms with Crippen LogP contribution in [0.25, 0.3) is 0 Å². The fourth-order valence-corrected chi connectivity index (χ4v) is 1.59. The predicted molar refractivity (Wildman–Crippen MR) is 73.4 cm³/mol. The summed E-state index contributed by atoms with van der Waals surface area (Å²) in [5.74, 6) is -1.80. The normalized spacial score (nSPS) is 11.8. The molecule has 5 N–H and O–H groups in total. The summed E-state index contributed by atoms with van der Waals surface area (Å²) in [4.78, 5) is 33.6. The number of nitrogens with one attached hydrogen (secondary N) is 2. The van der Waals surface area contributed by atoms with Crippen molar-refractivity contribution in [3.05, 3.63) is 29.8 Å². The molecule has 0 bridgehead atoms. The molecule has 0 fully saturated rings. The Morgan fingerprint density at radius 3 is 2.10 bits per heavy atom. The number of aliphatic carboxylic acids is 1. The average Bonchev–Trinajstić information content (AvgIpc) is 2.35. The molecule has 7 nitrogen and oxygen atoms in total. The van der Waals surface area contributed by atoms with Gasteiger partial charge in [0.15, 0.2) is 0 Å². The first-order chi connectivity index (χ1) is 9.31. The molecule has 0 radical (unpaired) electrons. The lowest BCUT2D eigenvalue weighted by Gasteiger charge is -2.17. The highest BCUT2D eigenvalue weighted by Crippen LogP contribution is 2.10. The van der Waals surface area contributed by atoms with Gasteiger partial charge in [-0.2, -0.15) is 0 Å². The molecule has 1 rings (SSSR count). The maximum Gasteiger partial charge on any atom is 0.326 e. The van der Waals surface area contributed by atoms with Gasteiger partial charge >= 0.3 is 12.0 Å². The Labute approximate surface area is 116 Å². The summed E-state index contributed by atoms with van der Waals surface area (Å²) in [6.07, 6.45) is 0. The van der Waals surface area contributed by atoms with E-state index in [0.717, 1.165) is 0 Å². The van der Waals surface area contributed by atoms with E-state index in [0.29, 0.717) is 11.3 Å². The first kappa shape index (κ1) is 15.5. The number of rotatable bonds is 5. The van der Waals surface area contributed by atoms with Gasteiger partial charge in [-0.1, -0.05) is 13.8 Å². The number of amides is 3. The summed E-state index contributed by atoms with van der Waals surface area (Å²) in [5, 5.41) is 13.8. The molecule has 7 heteroatoms. The van der Waals surface area contributed by atoms with Crippen LogP contribution in [0, 0.1) is 5.92 Å². The molecule has 20 heavy (non-hydrogen) atoms. The lowest BCUT2D eigenvalue weighted by molar-refractivity contribution is -0.140. The van der Waals surface area contributed by atoms with Crippen molar-refractivity contribution in [1.29, 1.82) is 0 Å². The molecule has 0 unspecified atom stereocenters. The van der Waals surface area contributed by atoms with Crippen molar-refractivity contribution in [2.45, 2.75) is 19.9 Å². The minimum atomic E-state index is -1.08. The Morgan fingerprint density at radius 2 is 1.70 bits per heavy atom. The van der Waals surface area contributed by atoms with Crippen molar-refractivity contribution < 1.29 is 19.5 Å². The number of hydrogen-bond donors (Lipinski definition) is 4. The number of carbonyl (C=O) groups is 3. The van der Waals surface area contributed by atoms with Crippen LogP contribution >= 0.6 is 0 Å². The molecular formula is C13H17N3O4. The van der Waals surface area contributed by atoms with E-state index in [1.807, 2.05) is 0 Å². The molecule has 0 spiro atoms. The number of hydrogen-bond acceptors (Lipinski definition) is 3. The summed E-state index contributed by atoms with van der Waals surface area (Å²) in [6, 6.07) is 4.30. The second-order valence-electron chi connectivity index (χ2n) is 4.60. The molecule has 1 aromatic rings. The lowest BCUT2D eigenvalue weighted by Crippen LogP contribution is -2.44. The number of carboxylic acids is 1. The molecule has 0 aliphatic rings. The van der Waals surface area contributed by atoms with Crippen LogP contribution in [-0.4, -0.2) is 29.1 Å². The van der Waals surface area contributed by atoms with Crippen molar-refractivity contribution in [3.8, 4) is 0 Å². The van der Waals surface area contributed by atoms with Gasteiger partial charge in [0.05, 0.1) is 0 Å². The molecule has 1 atom stereocenters. The van der Waals surface area contributed by atoms with Gasteiger partial charge in [-0.25, -0.2) is 9.59 Å². The zero-order valence-corrected chi connectivity index (χ0v) is 11.2. The van der Waals surface area contributed by atoms with Crippen molar-refractivity contribution in [3.63, 3.8) is 0 Å². The first-order valence-electron chi connectivity index (χ1n) is 6.01. The average molecular weight is 279 g/mol. The second-order valence-corrected chi connectivity index (χ2v) is 4.60. The fourth-order valence-electron chi connectivity index (χ4n) is 1.59. The number of urea groups is 1. The Bertz CT molecular complexity index is 511. The summed E-state index contributed by atoms with van der Waals surface area (Å²) in [5.41, 5.74) is 5.71. The van der Waals surface area contributed by atoms with Gasteiger partial charge in [0, 0.05) is 11.3 Å². The van der Waals surface area contributed by atoms with Gasteiger partial charge in [-0.3, -0.25) is 4.79 Å². The van der Waals surface area contributed by atoms with Crippen molar-refractivity contribution >= 4 is 23.6 Å². The highest BCUT2D eigenvalue weighted by Gasteiger charge is 2.23. The molecule has 108 valence electrons. The molecule has 0 aliphatic heterocycles. The Kier molecular flexibility index (Phi) is 5.08. The van der Waals surface area contributed by atoms with Crippen LogP contribution < -0.4 is 16.4 Å². The topological polar surface area (TPSA) is 122 Å². The fraction of sp³-hybridized carbons (Fsp3) is 0.308. The minimum Gasteiger partial charge on any atom is -0.480 e. The summed E-state index contributed by atoms with van der Waals surface area (Å²) < 4.78 is 0. The van der Waals surface area contributed by atoms with E-state index < -0.39 is 23.9 Å². The number of anilines is 1. The molecule has 3 amide bonds. The van der Waals surface area contributed by atoms with Gasteiger partial charge in [0.2, 0.25) is 0 Å². The van der Waals surface area contributed by atoms with Gasteiger partial charge < -0.3 is 21.5 Å². The van der Waals surface area contributed by atoms with Crippen molar-refractivity contribution in [2.24, 2.45) is 11.7 Å². The summed E-state index contributed by atoms with van der Waals surface area (Å²) in [7, 11) is 0. The smallest absolute Gasteiger partial charge is 0.326 e. The van der Waals surface area contributed by atoms with Gasteiger partial charge in [-0.05, 0) is 30.2 Å². The molecule has 0 saturated heterocycles. The maximum atomic E-state index is 11.9. The molecule has 0 heterocycles. The number of nitrogens with two attached hydrogens (primary N) is 1. The highest BCUT2D eigenvalue weighted by atomic mass is 16.4. The predicted octanol–water partition coefficient (Wildman–Crippen LogP) is 1.02. The van der Waals surface area contributed by atoms with E-state index in [4.69, 9.17) is 10.8 Å². The molecule has 0 aromatic heterocycles. The first-order valence-corrected chi connectivity index (χ1v) is 6.01. The zero-order chi connectivity index (χ0) is 15.3. The van der Waals surface area contributed by atoms with E-state index in [9.17, 15) is 14.4 Å². The highest BCUT2D eigenvalue weighted by molar-refractivity contribution is 5.97. The van der Waals surface area contributed by atoms with Crippen molar-refractivity contribution in [1.82, 2.24) is 5.32 Å². The molecular weight excluding hydrogens is 262 g/mol. The third-order valence-electron chi connectivity index (χ3n) is 2.63. The number of benzene rings is 1. The number of carboxylic acid groups (broad SMARTS) is 1. The van der Waals surface area contributed by atoms with Gasteiger partial charge in [0.1, 0.15) is 6.04 Å². The van der Waals surface area contributed by atoms with Gasteiger partial charge in [0.25, 0.3) is 5.91 Å². The molecule has 1 aromatic carbocycles. The van der Waals surface area contributed by atoms with Crippen LogP contribution in [0.3, 0.4) is 0 Å². The van der Waals surface area contributed by atoms with Crippen LogP contribution in [0.1, 0.15) is 24.2 Å². The SMILES string of the molecule is CC(C)[C@@H](NC(=O)c1ccc(NC(N)=O)cc1)C(=O)O. The number of primary amides is 1. The second kappa shape index (κ2) is 6.55. The van der Waals surface area contributed by atoms with Crippen LogP contribution in [0.2, 0.25) is 0 Å². The monoisotopic (exact) mass is 279 g/mol. The summed E-state index contributed by atoms with van der Waals surface area (Å²) >= 11 is 0. The number of carbonyl (C=O) groups excluding carboxylic acids is 2. The van der Waals surface area contributed by atoms with Gasteiger partial charge in [-0.15, -0.1) is 0 Å². The van der Waals surface area contributed by atoms with Crippen LogP contribution in [0.4, 0.5) is 10.5 Å². The Morgan fingerprint density at radius 1 is 1.15 bits per heavy atom. The van der Waals surface area contributed by atoms with E-state index in [2.05, 4.69) is 10.6 Å². The van der Waals surface area contributed by atoms with Crippen LogP contribution in [0.5, 0.6) is 0 Å². The Balaban J connectivity index is 2.77. The van der Waals surface area contributed by atoms with E-state index in [-0.39, 0.29) is 5.92 Å². The van der Waals surface area contributed by atoms with Crippen LogP contribution in [-0.2, 0) is 4.79 Å². The maximum absolute atomic E-state index is 11.9. The third kappa shape index (κ3) is 4.27. The van der Waals surface area contributed by atoms with Crippen molar-refractivity contribution in [2.75, 3.05) is 5.32 Å². The van der Waals surface area contributed by atoms with E-state index >= 15 is 0 Å². The molecule has 0 aliphatic carbocycles. The third-order valence-corrected chi connectivity index (χ3v) is 2.63. The zero-order valence-electron chi connectivity index (χ0n) is 11.2. The Hall–Kier alpha value is -2.57. The van der Waals surface area contributed by atoms with E-state index in [1.165, 1.54) is 24.3 Å². The summed E-state index contributed by atoms with van der Waals surface area (Å²) in [6.45, 7) is 3.41. The largest absolute Gasteiger partial charge is 0.480 e. The van der Waals surface area contributed by atoms with Crippen LogP contribution in [0.15, 0.2) is 24.3 Å².